The van der Waals surface area contributed by atoms with E-state index in [-0.39, 0.29) is 11.4 Å². The number of nitrogens with zero attached hydrogens (tertiary/aromatic N) is 4. The maximum Gasteiger partial charge on any atom is 0.416 e. The van der Waals surface area contributed by atoms with E-state index in [1.807, 2.05) is 36.5 Å². The molecular formula is C22H16F3N5OS. The maximum atomic E-state index is 12.8. The van der Waals surface area contributed by atoms with Crippen LogP contribution in [0.25, 0.3) is 16.9 Å². The highest BCUT2D eigenvalue weighted by molar-refractivity contribution is 7.99. The molecule has 1 amide bonds. The normalized spacial score (nSPS) is 11.3. The molecule has 2 heterocycles. The van der Waals surface area contributed by atoms with Gasteiger partial charge in [0.05, 0.1) is 22.7 Å². The summed E-state index contributed by atoms with van der Waals surface area (Å²) in [7, 11) is 0. The lowest BCUT2D eigenvalue weighted by atomic mass is 10.1. The van der Waals surface area contributed by atoms with Gasteiger partial charge in [0.1, 0.15) is 5.03 Å². The molecule has 0 spiro atoms. The number of thioether (sulfide) groups is 1. The van der Waals surface area contributed by atoms with Crippen LogP contribution in [-0.4, -0.2) is 31.6 Å². The molecule has 6 nitrogen and oxygen atoms in total. The van der Waals surface area contributed by atoms with Crippen LogP contribution < -0.4 is 5.32 Å². The smallest absolute Gasteiger partial charge is 0.325 e. The Kier molecular flexibility index (Phi) is 6.22. The summed E-state index contributed by atoms with van der Waals surface area (Å²) >= 11 is 1.14. The first-order chi connectivity index (χ1) is 15.4. The molecule has 4 aromatic rings. The lowest BCUT2D eigenvalue weighted by molar-refractivity contribution is -0.137. The highest BCUT2D eigenvalue weighted by Crippen LogP contribution is 2.30. The molecule has 0 fully saturated rings. The summed E-state index contributed by atoms with van der Waals surface area (Å²) in [5.74, 6) is -0.447. The average molecular weight is 455 g/mol. The summed E-state index contributed by atoms with van der Waals surface area (Å²) < 4.78 is 40.1. The Bertz CT molecular complexity index is 1190. The van der Waals surface area contributed by atoms with Gasteiger partial charge in [-0.15, -0.1) is 10.2 Å². The van der Waals surface area contributed by atoms with Crippen LogP contribution >= 0.6 is 11.8 Å². The predicted octanol–water partition coefficient (Wildman–Crippen LogP) is 5.08. The van der Waals surface area contributed by atoms with Crippen molar-refractivity contribution in [3.8, 4) is 16.9 Å². The van der Waals surface area contributed by atoms with Crippen molar-refractivity contribution >= 4 is 23.4 Å². The molecule has 0 aliphatic carbocycles. The lowest BCUT2D eigenvalue weighted by Crippen LogP contribution is -2.15. The maximum absolute atomic E-state index is 12.8. The standard InChI is InChI=1S/C22H16F3N5OS/c23-22(24,25)16-3-1-4-17(13-16)27-20(31)14-32-21-10-9-19(28-29-21)15-5-7-18(8-6-15)30-12-2-11-26-30/h1-13H,14H2,(H,27,31). The van der Waals surface area contributed by atoms with E-state index in [2.05, 4.69) is 20.6 Å². The van der Waals surface area contributed by atoms with Crippen LogP contribution in [0.4, 0.5) is 18.9 Å². The fourth-order valence-electron chi connectivity index (χ4n) is 2.87. The molecule has 1 N–H and O–H groups in total. The van der Waals surface area contributed by atoms with Gasteiger partial charge in [0.15, 0.2) is 0 Å². The van der Waals surface area contributed by atoms with E-state index in [9.17, 15) is 18.0 Å². The number of alkyl halides is 3. The topological polar surface area (TPSA) is 72.7 Å². The second kappa shape index (κ2) is 9.23. The number of halogens is 3. The second-order valence-corrected chi connectivity index (χ2v) is 7.67. The molecule has 2 aromatic heterocycles. The Morgan fingerprint density at radius 1 is 1.00 bits per heavy atom. The van der Waals surface area contributed by atoms with Crippen LogP contribution in [0.3, 0.4) is 0 Å². The van der Waals surface area contributed by atoms with Crippen molar-refractivity contribution in [1.82, 2.24) is 20.0 Å². The largest absolute Gasteiger partial charge is 0.416 e. The molecule has 0 aliphatic heterocycles. The Morgan fingerprint density at radius 2 is 1.81 bits per heavy atom. The van der Waals surface area contributed by atoms with Crippen LogP contribution in [0.1, 0.15) is 5.56 Å². The van der Waals surface area contributed by atoms with Crippen LogP contribution in [-0.2, 0) is 11.0 Å². The van der Waals surface area contributed by atoms with Crippen molar-refractivity contribution < 1.29 is 18.0 Å². The van der Waals surface area contributed by atoms with Gasteiger partial charge in [-0.1, -0.05) is 30.0 Å². The molecule has 32 heavy (non-hydrogen) atoms. The van der Waals surface area contributed by atoms with Crippen molar-refractivity contribution in [2.75, 3.05) is 11.1 Å². The Hall–Kier alpha value is -3.66. The monoisotopic (exact) mass is 455 g/mol. The molecular weight excluding hydrogens is 439 g/mol. The van der Waals surface area contributed by atoms with Gasteiger partial charge in [0.25, 0.3) is 0 Å². The molecule has 0 aliphatic rings. The van der Waals surface area contributed by atoms with Crippen LogP contribution in [0.5, 0.6) is 0 Å². The molecule has 10 heteroatoms. The fourth-order valence-corrected chi connectivity index (χ4v) is 3.48. The number of aromatic nitrogens is 4. The molecule has 0 saturated carbocycles. The lowest BCUT2D eigenvalue weighted by Gasteiger charge is -2.09. The molecule has 0 radical (unpaired) electrons. The summed E-state index contributed by atoms with van der Waals surface area (Å²) in [6, 6.07) is 17.6. The van der Waals surface area contributed by atoms with Gasteiger partial charge in [0, 0.05) is 23.6 Å². The Balaban J connectivity index is 1.33. The zero-order chi connectivity index (χ0) is 22.6. The number of amides is 1. The number of nitrogens with one attached hydrogen (secondary N) is 1. The minimum Gasteiger partial charge on any atom is -0.325 e. The molecule has 0 unspecified atom stereocenters. The zero-order valence-corrected chi connectivity index (χ0v) is 17.3. The van der Waals surface area contributed by atoms with Crippen LogP contribution in [0.15, 0.2) is 84.1 Å². The summed E-state index contributed by atoms with van der Waals surface area (Å²) in [6.45, 7) is 0. The van der Waals surface area contributed by atoms with Crippen LogP contribution in [0.2, 0.25) is 0 Å². The Morgan fingerprint density at radius 3 is 2.47 bits per heavy atom. The SMILES string of the molecule is O=C(CSc1ccc(-c2ccc(-n3cccn3)cc2)nn1)Nc1cccc(C(F)(F)F)c1. The predicted molar refractivity (Wildman–Crippen MR) is 115 cm³/mol. The van der Waals surface area contributed by atoms with Crippen molar-refractivity contribution in [1.29, 1.82) is 0 Å². The van der Waals surface area contributed by atoms with E-state index in [0.717, 1.165) is 35.1 Å². The van der Waals surface area contributed by atoms with Gasteiger partial charge in [-0.3, -0.25) is 4.79 Å². The van der Waals surface area contributed by atoms with E-state index < -0.39 is 17.6 Å². The van der Waals surface area contributed by atoms with Gasteiger partial charge in [-0.25, -0.2) is 4.68 Å². The van der Waals surface area contributed by atoms with Crippen molar-refractivity contribution in [2.45, 2.75) is 11.2 Å². The van der Waals surface area contributed by atoms with Crippen molar-refractivity contribution in [3.63, 3.8) is 0 Å². The number of hydrogen-bond acceptors (Lipinski definition) is 5. The molecule has 0 atom stereocenters. The van der Waals surface area contributed by atoms with E-state index >= 15 is 0 Å². The minimum atomic E-state index is -4.47. The third-order valence-electron chi connectivity index (χ3n) is 4.40. The van der Waals surface area contributed by atoms with Crippen molar-refractivity contribution in [3.05, 3.63) is 84.7 Å². The quantitative estimate of drug-likeness (QED) is 0.411. The van der Waals surface area contributed by atoms with Gasteiger partial charge in [-0.2, -0.15) is 18.3 Å². The third-order valence-corrected chi connectivity index (χ3v) is 5.32. The molecule has 4 rings (SSSR count). The second-order valence-electron chi connectivity index (χ2n) is 6.67. The van der Waals surface area contributed by atoms with E-state index in [1.165, 1.54) is 12.1 Å². The summed E-state index contributed by atoms with van der Waals surface area (Å²) in [6.07, 6.45) is -0.911. The first-order valence-electron chi connectivity index (χ1n) is 9.42. The highest BCUT2D eigenvalue weighted by Gasteiger charge is 2.30. The first-order valence-corrected chi connectivity index (χ1v) is 10.4. The summed E-state index contributed by atoms with van der Waals surface area (Å²) in [5, 5.41) is 15.5. The Labute approximate surface area is 185 Å². The van der Waals surface area contributed by atoms with Gasteiger partial charge in [-0.05, 0) is 48.5 Å². The number of rotatable bonds is 6. The first kappa shape index (κ1) is 21.6. The molecule has 162 valence electrons. The molecule has 0 bridgehead atoms. The van der Waals surface area contributed by atoms with Gasteiger partial charge < -0.3 is 5.32 Å². The number of carbonyl (C=O) groups excluding carboxylic acids is 1. The molecule has 0 saturated heterocycles. The van der Waals surface area contributed by atoms with Crippen molar-refractivity contribution in [2.24, 2.45) is 0 Å². The number of hydrogen-bond donors (Lipinski definition) is 1. The summed E-state index contributed by atoms with van der Waals surface area (Å²) in [4.78, 5) is 12.1. The fraction of sp³-hybridized carbons (Fsp3) is 0.0909. The number of benzene rings is 2. The van der Waals surface area contributed by atoms with Gasteiger partial charge >= 0.3 is 6.18 Å². The minimum absolute atomic E-state index is 0.0111. The average Bonchev–Trinajstić information content (AvgIpc) is 3.33. The number of anilines is 1. The van der Waals surface area contributed by atoms with E-state index in [0.29, 0.717) is 10.7 Å². The summed E-state index contributed by atoms with van der Waals surface area (Å²) in [5.41, 5.74) is 1.75. The zero-order valence-electron chi connectivity index (χ0n) is 16.5. The number of carbonyl (C=O) groups is 1. The van der Waals surface area contributed by atoms with E-state index in [1.54, 1.807) is 23.0 Å². The van der Waals surface area contributed by atoms with E-state index in [4.69, 9.17) is 0 Å². The van der Waals surface area contributed by atoms with Gasteiger partial charge in [0.2, 0.25) is 5.91 Å². The third kappa shape index (κ3) is 5.33. The molecule has 2 aromatic carbocycles. The highest BCUT2D eigenvalue weighted by atomic mass is 32.2. The van der Waals surface area contributed by atoms with Crippen LogP contribution in [0, 0.1) is 0 Å².